The van der Waals surface area contributed by atoms with Crippen LogP contribution in [0.15, 0.2) is 21.0 Å². The first-order valence-corrected chi connectivity index (χ1v) is 7.90. The third-order valence-electron chi connectivity index (χ3n) is 3.25. The number of thiophene rings is 1. The van der Waals surface area contributed by atoms with Crippen molar-refractivity contribution in [1.82, 2.24) is 9.55 Å². The van der Waals surface area contributed by atoms with Crippen LogP contribution >= 0.6 is 22.9 Å². The predicted molar refractivity (Wildman–Crippen MR) is 83.1 cm³/mol. The highest BCUT2D eigenvalue weighted by Gasteiger charge is 2.13. The highest BCUT2D eigenvalue weighted by atomic mass is 35.5. The molecule has 0 saturated heterocycles. The summed E-state index contributed by atoms with van der Waals surface area (Å²) in [6.07, 6.45) is 2.26. The van der Waals surface area contributed by atoms with Crippen molar-refractivity contribution in [1.29, 1.82) is 0 Å². The molecular weight excluding hydrogens is 296 g/mol. The van der Waals surface area contributed by atoms with E-state index in [2.05, 4.69) is 11.9 Å². The number of nitrogens with zero attached hydrogens (tertiary/aromatic N) is 1. The fraction of sp³-hybridized carbons (Fsp3) is 0.429. The van der Waals surface area contributed by atoms with Gasteiger partial charge in [-0.15, -0.1) is 11.3 Å². The van der Waals surface area contributed by atoms with E-state index in [1.165, 1.54) is 10.1 Å². The SMILES string of the molecule is CCCc1c(Cl)[nH]c(=O)n(Cc2sccc2CC)c1=O. The van der Waals surface area contributed by atoms with E-state index in [0.717, 1.165) is 17.7 Å². The van der Waals surface area contributed by atoms with Gasteiger partial charge in [0.1, 0.15) is 5.15 Å². The first kappa shape index (κ1) is 15.1. The van der Waals surface area contributed by atoms with Crippen LogP contribution < -0.4 is 11.2 Å². The molecule has 2 heterocycles. The molecule has 0 atom stereocenters. The molecule has 2 rings (SSSR count). The summed E-state index contributed by atoms with van der Waals surface area (Å²) in [4.78, 5) is 28.0. The van der Waals surface area contributed by atoms with Crippen LogP contribution in [0, 0.1) is 0 Å². The van der Waals surface area contributed by atoms with Crippen molar-refractivity contribution < 1.29 is 0 Å². The van der Waals surface area contributed by atoms with E-state index in [1.54, 1.807) is 11.3 Å². The number of rotatable bonds is 5. The zero-order valence-electron chi connectivity index (χ0n) is 11.5. The van der Waals surface area contributed by atoms with Gasteiger partial charge in [-0.2, -0.15) is 0 Å². The van der Waals surface area contributed by atoms with Crippen LogP contribution in [-0.2, 0) is 19.4 Å². The van der Waals surface area contributed by atoms with E-state index < -0.39 is 5.69 Å². The van der Waals surface area contributed by atoms with Crippen molar-refractivity contribution in [3.8, 4) is 0 Å². The molecule has 0 aliphatic rings. The van der Waals surface area contributed by atoms with Crippen LogP contribution in [0.2, 0.25) is 5.15 Å². The molecule has 0 spiro atoms. The summed E-state index contributed by atoms with van der Waals surface area (Å²) in [6.45, 7) is 4.34. The average molecular weight is 313 g/mol. The largest absolute Gasteiger partial charge is 0.329 e. The fourth-order valence-electron chi connectivity index (χ4n) is 2.16. The standard InChI is InChI=1S/C14H17ClN2O2S/c1-3-5-10-12(15)16-14(19)17(13(10)18)8-11-9(4-2)6-7-20-11/h6-7H,3-5,8H2,1-2H3,(H,16,19). The third-order valence-corrected chi connectivity index (χ3v) is 4.52. The van der Waals surface area contributed by atoms with Crippen molar-refractivity contribution in [2.45, 2.75) is 39.7 Å². The Kier molecular flexibility index (Phi) is 4.83. The fourth-order valence-corrected chi connectivity index (χ4v) is 3.38. The number of hydrogen-bond acceptors (Lipinski definition) is 3. The van der Waals surface area contributed by atoms with E-state index in [1.807, 2.05) is 18.4 Å². The number of nitrogens with one attached hydrogen (secondary N) is 1. The minimum Gasteiger partial charge on any atom is -0.297 e. The second-order valence-electron chi connectivity index (χ2n) is 4.59. The molecule has 2 aromatic rings. The Bertz CT molecular complexity index is 715. The van der Waals surface area contributed by atoms with E-state index in [9.17, 15) is 9.59 Å². The first-order valence-electron chi connectivity index (χ1n) is 6.65. The van der Waals surface area contributed by atoms with E-state index >= 15 is 0 Å². The smallest absolute Gasteiger partial charge is 0.297 e. The van der Waals surface area contributed by atoms with Crippen LogP contribution in [0.5, 0.6) is 0 Å². The van der Waals surface area contributed by atoms with Gasteiger partial charge in [-0.1, -0.05) is 31.9 Å². The number of aromatic amines is 1. The molecule has 0 aliphatic heterocycles. The Hall–Kier alpha value is -1.33. The Morgan fingerprint density at radius 3 is 2.75 bits per heavy atom. The van der Waals surface area contributed by atoms with Gasteiger partial charge >= 0.3 is 5.69 Å². The summed E-state index contributed by atoms with van der Waals surface area (Å²) in [5.41, 5.74) is 0.933. The van der Waals surface area contributed by atoms with E-state index in [-0.39, 0.29) is 10.7 Å². The lowest BCUT2D eigenvalue weighted by atomic mass is 10.2. The second kappa shape index (κ2) is 6.41. The molecule has 0 bridgehead atoms. The van der Waals surface area contributed by atoms with Gasteiger partial charge < -0.3 is 0 Å². The first-order chi connectivity index (χ1) is 9.58. The van der Waals surface area contributed by atoms with Crippen molar-refractivity contribution in [2.24, 2.45) is 0 Å². The summed E-state index contributed by atoms with van der Waals surface area (Å²) in [5.74, 6) is 0. The van der Waals surface area contributed by atoms with Crippen molar-refractivity contribution in [3.05, 3.63) is 53.4 Å². The molecule has 0 amide bonds. The number of aromatic nitrogens is 2. The van der Waals surface area contributed by atoms with E-state index in [0.29, 0.717) is 18.5 Å². The summed E-state index contributed by atoms with van der Waals surface area (Å²) in [6, 6.07) is 2.03. The van der Waals surface area contributed by atoms with Crippen LogP contribution in [-0.4, -0.2) is 9.55 Å². The lowest BCUT2D eigenvalue weighted by Crippen LogP contribution is -2.37. The van der Waals surface area contributed by atoms with Crippen LogP contribution in [0.25, 0.3) is 0 Å². The Morgan fingerprint density at radius 2 is 2.10 bits per heavy atom. The number of H-pyrrole nitrogens is 1. The molecule has 0 aliphatic carbocycles. The maximum atomic E-state index is 12.4. The number of halogens is 1. The molecular formula is C14H17ClN2O2S. The average Bonchev–Trinajstić information content (AvgIpc) is 2.86. The van der Waals surface area contributed by atoms with Gasteiger partial charge in [0.25, 0.3) is 5.56 Å². The maximum Gasteiger partial charge on any atom is 0.329 e. The summed E-state index contributed by atoms with van der Waals surface area (Å²) < 4.78 is 1.24. The topological polar surface area (TPSA) is 54.9 Å². The summed E-state index contributed by atoms with van der Waals surface area (Å²) >= 11 is 7.52. The van der Waals surface area contributed by atoms with Crippen LogP contribution in [0.1, 0.15) is 36.3 Å². The van der Waals surface area contributed by atoms with E-state index in [4.69, 9.17) is 11.6 Å². The zero-order chi connectivity index (χ0) is 14.7. The molecule has 0 unspecified atom stereocenters. The number of aryl methyl sites for hydroxylation is 1. The maximum absolute atomic E-state index is 12.4. The monoisotopic (exact) mass is 312 g/mol. The highest BCUT2D eigenvalue weighted by Crippen LogP contribution is 2.18. The molecule has 1 N–H and O–H groups in total. The molecule has 6 heteroatoms. The van der Waals surface area contributed by atoms with Crippen molar-refractivity contribution in [3.63, 3.8) is 0 Å². The lowest BCUT2D eigenvalue weighted by molar-refractivity contribution is 0.683. The molecule has 2 aromatic heterocycles. The molecule has 20 heavy (non-hydrogen) atoms. The van der Waals surface area contributed by atoms with Crippen LogP contribution in [0.3, 0.4) is 0 Å². The molecule has 0 saturated carbocycles. The lowest BCUT2D eigenvalue weighted by Gasteiger charge is -2.08. The third kappa shape index (κ3) is 2.88. The van der Waals surface area contributed by atoms with Gasteiger partial charge in [-0.25, -0.2) is 4.79 Å². The summed E-state index contributed by atoms with van der Waals surface area (Å²) in [5, 5.41) is 2.15. The van der Waals surface area contributed by atoms with Gasteiger partial charge in [0.15, 0.2) is 0 Å². The highest BCUT2D eigenvalue weighted by molar-refractivity contribution is 7.10. The van der Waals surface area contributed by atoms with Gasteiger partial charge in [0.2, 0.25) is 0 Å². The minimum absolute atomic E-state index is 0.167. The molecule has 4 nitrogen and oxygen atoms in total. The Labute approximate surface area is 126 Å². The van der Waals surface area contributed by atoms with Gasteiger partial charge in [0, 0.05) is 4.88 Å². The second-order valence-corrected chi connectivity index (χ2v) is 5.97. The van der Waals surface area contributed by atoms with Crippen LogP contribution in [0.4, 0.5) is 0 Å². The van der Waals surface area contributed by atoms with Gasteiger partial charge in [0.05, 0.1) is 12.1 Å². The molecule has 0 aromatic carbocycles. The molecule has 0 fully saturated rings. The predicted octanol–water partition coefficient (Wildman–Crippen LogP) is 2.81. The van der Waals surface area contributed by atoms with Crippen molar-refractivity contribution in [2.75, 3.05) is 0 Å². The van der Waals surface area contributed by atoms with Gasteiger partial charge in [-0.05, 0) is 29.9 Å². The minimum atomic E-state index is -0.449. The molecule has 108 valence electrons. The normalized spacial score (nSPS) is 10.9. The number of hydrogen-bond donors (Lipinski definition) is 1. The zero-order valence-corrected chi connectivity index (χ0v) is 13.1. The van der Waals surface area contributed by atoms with Gasteiger partial charge in [-0.3, -0.25) is 14.3 Å². The molecule has 0 radical (unpaired) electrons. The quantitative estimate of drug-likeness (QED) is 0.863. The Balaban J connectivity index is 2.49. The Morgan fingerprint density at radius 1 is 1.35 bits per heavy atom. The van der Waals surface area contributed by atoms with Crippen molar-refractivity contribution >= 4 is 22.9 Å². The summed E-state index contributed by atoms with van der Waals surface area (Å²) in [7, 11) is 0.